The van der Waals surface area contributed by atoms with Gasteiger partial charge in [0.15, 0.2) is 0 Å². The molecule has 1 saturated carbocycles. The lowest BCUT2D eigenvalue weighted by Crippen LogP contribution is -2.42. The third kappa shape index (κ3) is 1.90. The van der Waals surface area contributed by atoms with Crippen molar-refractivity contribution in [3.63, 3.8) is 0 Å². The fourth-order valence-corrected chi connectivity index (χ4v) is 2.87. The third-order valence-corrected chi connectivity index (χ3v) is 3.88. The predicted octanol–water partition coefficient (Wildman–Crippen LogP) is 3.75. The molecule has 1 rings (SSSR count). The van der Waals surface area contributed by atoms with E-state index >= 15 is 0 Å². The Hall–Kier alpha value is -0.0400. The maximum absolute atomic E-state index is 11.5. The number of carbonyl (C=O) groups excluding carboxylic acids is 1. The molecule has 1 aliphatic carbocycles. The van der Waals surface area contributed by atoms with Crippen LogP contribution in [0.2, 0.25) is 0 Å². The van der Waals surface area contributed by atoms with Crippen LogP contribution in [0.15, 0.2) is 0 Å². The van der Waals surface area contributed by atoms with E-state index in [1.54, 1.807) is 0 Å². The van der Waals surface area contributed by atoms with Crippen molar-refractivity contribution in [2.24, 2.45) is 10.8 Å². The highest BCUT2D eigenvalue weighted by atomic mass is 35.5. The van der Waals surface area contributed by atoms with E-state index in [9.17, 15) is 4.79 Å². The molecule has 1 aliphatic rings. The summed E-state index contributed by atoms with van der Waals surface area (Å²) in [6.07, 6.45) is 5.49. The summed E-state index contributed by atoms with van der Waals surface area (Å²) in [7, 11) is 0. The molecule has 1 nitrogen and oxygen atoms in total. The van der Waals surface area contributed by atoms with Crippen molar-refractivity contribution in [1.82, 2.24) is 0 Å². The van der Waals surface area contributed by atoms with Crippen LogP contribution in [0.25, 0.3) is 0 Å². The van der Waals surface area contributed by atoms with Gasteiger partial charge in [0.05, 0.1) is 0 Å². The summed E-state index contributed by atoms with van der Waals surface area (Å²) in [5, 5.41) is -0.125. The summed E-state index contributed by atoms with van der Waals surface area (Å²) >= 11 is 5.76. The first-order chi connectivity index (χ1) is 5.90. The lowest BCUT2D eigenvalue weighted by Gasteiger charge is -2.44. The van der Waals surface area contributed by atoms with E-state index in [1.807, 2.05) is 0 Å². The molecule has 0 atom stereocenters. The summed E-state index contributed by atoms with van der Waals surface area (Å²) in [5.74, 6) is 0. The minimum absolute atomic E-state index is 0.00620. The highest BCUT2D eigenvalue weighted by Gasteiger charge is 2.47. The largest absolute Gasteiger partial charge is 0.281 e. The Morgan fingerprint density at radius 3 is 1.85 bits per heavy atom. The maximum atomic E-state index is 11.5. The van der Waals surface area contributed by atoms with Gasteiger partial charge in [-0.2, -0.15) is 0 Å². The van der Waals surface area contributed by atoms with Gasteiger partial charge in [0.2, 0.25) is 5.24 Å². The zero-order valence-electron chi connectivity index (χ0n) is 8.82. The van der Waals surface area contributed by atoms with Crippen molar-refractivity contribution >= 4 is 16.8 Å². The summed E-state index contributed by atoms with van der Waals surface area (Å²) in [6.45, 7) is 6.37. The van der Waals surface area contributed by atoms with Crippen LogP contribution in [0.4, 0.5) is 0 Å². The van der Waals surface area contributed by atoms with Gasteiger partial charge in [0.25, 0.3) is 0 Å². The van der Waals surface area contributed by atoms with Gasteiger partial charge >= 0.3 is 0 Å². The monoisotopic (exact) mass is 202 g/mol. The Labute approximate surface area is 85.8 Å². The van der Waals surface area contributed by atoms with Crippen LogP contribution in [-0.4, -0.2) is 5.24 Å². The molecule has 0 aromatic rings. The van der Waals surface area contributed by atoms with Crippen LogP contribution in [0, 0.1) is 10.8 Å². The van der Waals surface area contributed by atoms with Crippen LogP contribution < -0.4 is 0 Å². The van der Waals surface area contributed by atoms with Gasteiger partial charge < -0.3 is 0 Å². The summed E-state index contributed by atoms with van der Waals surface area (Å²) < 4.78 is 0. The first kappa shape index (κ1) is 11.0. The lowest BCUT2D eigenvalue weighted by atomic mass is 9.60. The Morgan fingerprint density at radius 2 is 1.62 bits per heavy atom. The Bertz CT molecular complexity index is 197. The lowest BCUT2D eigenvalue weighted by molar-refractivity contribution is -0.129. The van der Waals surface area contributed by atoms with Crippen LogP contribution in [0.1, 0.15) is 52.9 Å². The number of carbonyl (C=O) groups is 1. The highest BCUT2D eigenvalue weighted by Crippen LogP contribution is 2.50. The normalized spacial score (nSPS) is 22.8. The fourth-order valence-electron chi connectivity index (χ4n) is 2.40. The summed E-state index contributed by atoms with van der Waals surface area (Å²) in [4.78, 5) is 11.5. The Balaban J connectivity index is 2.93. The summed E-state index contributed by atoms with van der Waals surface area (Å²) in [6, 6.07) is 0. The second kappa shape index (κ2) is 3.61. The van der Waals surface area contributed by atoms with Crippen molar-refractivity contribution < 1.29 is 4.79 Å². The van der Waals surface area contributed by atoms with Crippen molar-refractivity contribution in [2.75, 3.05) is 0 Å². The molecule has 0 aliphatic heterocycles. The SMILES string of the molecule is CC(C)(C)C1(C(=O)Cl)CCCCC1. The average Bonchev–Trinajstić information content (AvgIpc) is 2.03. The number of rotatable bonds is 1. The zero-order chi connectivity index (χ0) is 10.1. The molecule has 0 N–H and O–H groups in total. The molecule has 0 unspecified atom stereocenters. The topological polar surface area (TPSA) is 17.1 Å². The number of hydrogen-bond donors (Lipinski definition) is 0. The van der Waals surface area contributed by atoms with Gasteiger partial charge in [-0.05, 0) is 29.9 Å². The number of halogens is 1. The van der Waals surface area contributed by atoms with Crippen LogP contribution in [-0.2, 0) is 4.79 Å². The van der Waals surface area contributed by atoms with Crippen molar-refractivity contribution in [1.29, 1.82) is 0 Å². The van der Waals surface area contributed by atoms with E-state index in [0.717, 1.165) is 25.7 Å². The van der Waals surface area contributed by atoms with Gasteiger partial charge in [-0.15, -0.1) is 0 Å². The molecule has 2 heteroatoms. The molecule has 0 spiro atoms. The molecule has 0 saturated heterocycles. The molecule has 0 radical (unpaired) electrons. The van der Waals surface area contributed by atoms with Crippen molar-refractivity contribution in [3.8, 4) is 0 Å². The van der Waals surface area contributed by atoms with Gasteiger partial charge in [-0.25, -0.2) is 0 Å². The molecular weight excluding hydrogens is 184 g/mol. The van der Waals surface area contributed by atoms with Gasteiger partial charge in [-0.3, -0.25) is 4.79 Å². The molecular formula is C11H19ClO. The van der Waals surface area contributed by atoms with Crippen LogP contribution in [0.3, 0.4) is 0 Å². The molecule has 0 heterocycles. The molecule has 0 aromatic carbocycles. The quantitative estimate of drug-likeness (QED) is 0.592. The average molecular weight is 203 g/mol. The van der Waals surface area contributed by atoms with Crippen molar-refractivity contribution in [3.05, 3.63) is 0 Å². The Morgan fingerprint density at radius 1 is 1.15 bits per heavy atom. The van der Waals surface area contributed by atoms with E-state index < -0.39 is 0 Å². The highest BCUT2D eigenvalue weighted by molar-refractivity contribution is 6.64. The number of hydrogen-bond acceptors (Lipinski definition) is 1. The zero-order valence-corrected chi connectivity index (χ0v) is 9.58. The smallest absolute Gasteiger partial charge is 0.228 e. The third-order valence-electron chi connectivity index (χ3n) is 3.52. The Kier molecular flexibility index (Phi) is 3.06. The summed E-state index contributed by atoms with van der Waals surface area (Å²) in [5.41, 5.74) is -0.251. The van der Waals surface area contributed by atoms with Gasteiger partial charge in [0.1, 0.15) is 0 Å². The van der Waals surface area contributed by atoms with E-state index in [4.69, 9.17) is 11.6 Å². The molecule has 0 amide bonds. The minimum Gasteiger partial charge on any atom is -0.281 e. The second-order valence-corrected chi connectivity index (χ2v) is 5.51. The van der Waals surface area contributed by atoms with E-state index in [0.29, 0.717) is 0 Å². The van der Waals surface area contributed by atoms with E-state index in [2.05, 4.69) is 20.8 Å². The van der Waals surface area contributed by atoms with Gasteiger partial charge in [-0.1, -0.05) is 40.0 Å². The first-order valence-corrected chi connectivity index (χ1v) is 5.48. The molecule has 0 bridgehead atoms. The fraction of sp³-hybridized carbons (Fsp3) is 0.909. The van der Waals surface area contributed by atoms with Crippen LogP contribution >= 0.6 is 11.6 Å². The standard InChI is InChI=1S/C11H19ClO/c1-10(2,3)11(9(12)13)7-5-4-6-8-11/h4-8H2,1-3H3. The molecule has 0 aromatic heterocycles. The van der Waals surface area contributed by atoms with Gasteiger partial charge in [0, 0.05) is 5.41 Å². The van der Waals surface area contributed by atoms with Crippen LogP contribution in [0.5, 0.6) is 0 Å². The molecule has 13 heavy (non-hydrogen) atoms. The first-order valence-electron chi connectivity index (χ1n) is 5.10. The molecule has 1 fully saturated rings. The molecule has 76 valence electrons. The second-order valence-electron chi connectivity index (χ2n) is 5.17. The van der Waals surface area contributed by atoms with E-state index in [1.165, 1.54) is 6.42 Å². The van der Waals surface area contributed by atoms with Crippen molar-refractivity contribution in [2.45, 2.75) is 52.9 Å². The predicted molar refractivity (Wildman–Crippen MR) is 55.8 cm³/mol. The maximum Gasteiger partial charge on any atom is 0.228 e. The minimum atomic E-state index is -0.257. The van der Waals surface area contributed by atoms with E-state index in [-0.39, 0.29) is 16.1 Å².